The summed E-state index contributed by atoms with van der Waals surface area (Å²) in [5, 5.41) is 7.69. The van der Waals surface area contributed by atoms with Gasteiger partial charge in [-0.05, 0) is 61.2 Å². The standard InChI is InChI=1S/C26H30F4N6/c1-18-12-19-13-22(36-11-3-9-32-36)5-6-23(19)25(35(18)17-26(28,29)30)24-7-4-20(14-31-24)33-21-15-34(16-21)10-2-8-27/h3-7,9,11,13-14,18,21,25,33H,2,8,10,12,15-17H2,1H3/t18-,25-/m1/s1. The van der Waals surface area contributed by atoms with Crippen LogP contribution < -0.4 is 5.32 Å². The van der Waals surface area contributed by atoms with E-state index in [0.29, 0.717) is 18.5 Å². The first kappa shape index (κ1) is 24.7. The molecule has 10 heteroatoms. The maximum absolute atomic E-state index is 13.6. The molecule has 1 N–H and O–H groups in total. The molecule has 0 radical (unpaired) electrons. The van der Waals surface area contributed by atoms with Crippen LogP contribution in [0.4, 0.5) is 23.2 Å². The van der Waals surface area contributed by atoms with Gasteiger partial charge in [0.1, 0.15) is 0 Å². The predicted octanol–water partition coefficient (Wildman–Crippen LogP) is 4.62. The molecular weight excluding hydrogens is 472 g/mol. The van der Waals surface area contributed by atoms with Crippen LogP contribution >= 0.6 is 0 Å². The highest BCUT2D eigenvalue weighted by molar-refractivity contribution is 5.48. The average Bonchev–Trinajstić information content (AvgIpc) is 3.35. The zero-order valence-corrected chi connectivity index (χ0v) is 20.1. The summed E-state index contributed by atoms with van der Waals surface area (Å²) in [6.45, 7) is 2.96. The summed E-state index contributed by atoms with van der Waals surface area (Å²) in [6, 6.07) is 10.7. The average molecular weight is 503 g/mol. The highest BCUT2D eigenvalue weighted by atomic mass is 19.4. The Morgan fingerprint density at radius 2 is 1.97 bits per heavy atom. The first-order valence-corrected chi connectivity index (χ1v) is 12.3. The van der Waals surface area contributed by atoms with E-state index >= 15 is 0 Å². The quantitative estimate of drug-likeness (QED) is 0.456. The molecule has 2 aliphatic rings. The lowest BCUT2D eigenvalue weighted by Gasteiger charge is -2.42. The molecule has 0 spiro atoms. The van der Waals surface area contributed by atoms with E-state index in [1.165, 1.54) is 4.90 Å². The van der Waals surface area contributed by atoms with Crippen molar-refractivity contribution in [2.75, 3.05) is 38.2 Å². The Hall–Kier alpha value is -2.98. The molecule has 0 bridgehead atoms. The van der Waals surface area contributed by atoms with Gasteiger partial charge in [0.25, 0.3) is 0 Å². The minimum atomic E-state index is -4.32. The summed E-state index contributed by atoms with van der Waals surface area (Å²) in [7, 11) is 0. The van der Waals surface area contributed by atoms with Crippen LogP contribution in [-0.4, -0.2) is 75.7 Å². The molecule has 0 aliphatic carbocycles. The third kappa shape index (κ3) is 5.39. The van der Waals surface area contributed by atoms with Crippen molar-refractivity contribution in [1.82, 2.24) is 24.6 Å². The second kappa shape index (κ2) is 10.2. The van der Waals surface area contributed by atoms with E-state index in [4.69, 9.17) is 0 Å². The van der Waals surface area contributed by atoms with Crippen molar-refractivity contribution >= 4 is 5.69 Å². The van der Waals surface area contributed by atoms with E-state index in [1.807, 2.05) is 49.5 Å². The van der Waals surface area contributed by atoms with E-state index in [-0.39, 0.29) is 18.8 Å². The SMILES string of the molecule is C[C@@H]1Cc2cc(-n3cccn3)ccc2[C@H](c2ccc(NC3CN(CCCF)C3)cn2)N1CC(F)(F)F. The first-order chi connectivity index (χ1) is 17.3. The number of nitrogens with zero attached hydrogens (tertiary/aromatic N) is 5. The second-order valence-corrected chi connectivity index (χ2v) is 9.69. The van der Waals surface area contributed by atoms with Crippen LogP contribution in [-0.2, 0) is 6.42 Å². The Bertz CT molecular complexity index is 1140. The van der Waals surface area contributed by atoms with Gasteiger partial charge in [-0.15, -0.1) is 0 Å². The Morgan fingerprint density at radius 3 is 2.64 bits per heavy atom. The first-order valence-electron chi connectivity index (χ1n) is 12.3. The zero-order valence-electron chi connectivity index (χ0n) is 20.1. The van der Waals surface area contributed by atoms with Crippen LogP contribution in [0.15, 0.2) is 55.0 Å². The third-order valence-corrected chi connectivity index (χ3v) is 6.97. The summed E-state index contributed by atoms with van der Waals surface area (Å²) in [5.74, 6) is 0. The van der Waals surface area contributed by atoms with Gasteiger partial charge in [-0.3, -0.25) is 19.2 Å². The molecule has 2 atom stereocenters. The fourth-order valence-corrected chi connectivity index (χ4v) is 5.27. The molecule has 5 rings (SSSR count). The van der Waals surface area contributed by atoms with E-state index < -0.39 is 18.8 Å². The van der Waals surface area contributed by atoms with Gasteiger partial charge < -0.3 is 5.32 Å². The normalized spacial score (nSPS) is 21.2. The van der Waals surface area contributed by atoms with Crippen LogP contribution in [0.25, 0.3) is 5.69 Å². The number of rotatable bonds is 8. The van der Waals surface area contributed by atoms with Gasteiger partial charge >= 0.3 is 6.18 Å². The van der Waals surface area contributed by atoms with Crippen molar-refractivity contribution in [2.24, 2.45) is 0 Å². The molecule has 4 heterocycles. The number of nitrogens with one attached hydrogen (secondary N) is 1. The molecule has 0 saturated carbocycles. The molecule has 0 unspecified atom stereocenters. The van der Waals surface area contributed by atoms with Crippen LogP contribution in [0.1, 0.15) is 36.2 Å². The molecule has 1 saturated heterocycles. The summed E-state index contributed by atoms with van der Waals surface area (Å²) < 4.78 is 54.8. The largest absolute Gasteiger partial charge is 0.401 e. The Balaban J connectivity index is 1.39. The summed E-state index contributed by atoms with van der Waals surface area (Å²) in [6.07, 6.45) is 1.97. The lowest BCUT2D eigenvalue weighted by molar-refractivity contribution is -0.155. The van der Waals surface area contributed by atoms with Gasteiger partial charge in [-0.1, -0.05) is 6.07 Å². The Kier molecular flexibility index (Phi) is 6.98. The van der Waals surface area contributed by atoms with Gasteiger partial charge in [0.05, 0.1) is 48.6 Å². The van der Waals surface area contributed by atoms with Crippen LogP contribution in [0.3, 0.4) is 0 Å². The number of fused-ring (bicyclic) bond motifs is 1. The van der Waals surface area contributed by atoms with Gasteiger partial charge in [-0.25, -0.2) is 4.68 Å². The number of anilines is 1. The van der Waals surface area contributed by atoms with Crippen molar-refractivity contribution in [3.63, 3.8) is 0 Å². The number of halogens is 4. The van der Waals surface area contributed by atoms with Gasteiger partial charge in [0.15, 0.2) is 0 Å². The molecule has 36 heavy (non-hydrogen) atoms. The monoisotopic (exact) mass is 502 g/mol. The number of likely N-dealkylation sites (tertiary alicyclic amines) is 1. The van der Waals surface area contributed by atoms with E-state index in [0.717, 1.165) is 42.1 Å². The Labute approximate surface area is 207 Å². The molecule has 2 aromatic heterocycles. The predicted molar refractivity (Wildman–Crippen MR) is 130 cm³/mol. The number of benzene rings is 1. The number of hydrogen-bond acceptors (Lipinski definition) is 5. The topological polar surface area (TPSA) is 49.2 Å². The summed E-state index contributed by atoms with van der Waals surface area (Å²) >= 11 is 0. The van der Waals surface area contributed by atoms with Crippen molar-refractivity contribution in [3.8, 4) is 5.69 Å². The fraction of sp³-hybridized carbons (Fsp3) is 0.462. The highest BCUT2D eigenvalue weighted by Gasteiger charge is 2.41. The van der Waals surface area contributed by atoms with E-state index in [1.54, 1.807) is 17.1 Å². The lowest BCUT2D eigenvalue weighted by atomic mass is 9.86. The molecule has 3 aromatic rings. The number of hydrogen-bond donors (Lipinski definition) is 1. The molecule has 192 valence electrons. The molecule has 6 nitrogen and oxygen atoms in total. The van der Waals surface area contributed by atoms with Crippen molar-refractivity contribution in [2.45, 2.75) is 44.1 Å². The summed E-state index contributed by atoms with van der Waals surface area (Å²) in [4.78, 5) is 8.30. The maximum Gasteiger partial charge on any atom is 0.401 e. The van der Waals surface area contributed by atoms with Crippen molar-refractivity contribution < 1.29 is 17.6 Å². The van der Waals surface area contributed by atoms with Crippen LogP contribution in [0, 0.1) is 0 Å². The van der Waals surface area contributed by atoms with Crippen molar-refractivity contribution in [3.05, 3.63) is 71.8 Å². The molecule has 0 amide bonds. The van der Waals surface area contributed by atoms with E-state index in [2.05, 4.69) is 20.3 Å². The summed E-state index contributed by atoms with van der Waals surface area (Å²) in [5.41, 5.74) is 4.13. The van der Waals surface area contributed by atoms with E-state index in [9.17, 15) is 17.6 Å². The van der Waals surface area contributed by atoms with Crippen LogP contribution in [0.2, 0.25) is 0 Å². The molecule has 1 aromatic carbocycles. The molecule has 2 aliphatic heterocycles. The second-order valence-electron chi connectivity index (χ2n) is 9.69. The zero-order chi connectivity index (χ0) is 25.3. The Morgan fingerprint density at radius 1 is 1.14 bits per heavy atom. The van der Waals surface area contributed by atoms with Crippen molar-refractivity contribution in [1.29, 1.82) is 0 Å². The highest BCUT2D eigenvalue weighted by Crippen LogP contribution is 2.39. The fourth-order valence-electron chi connectivity index (χ4n) is 5.27. The van der Waals surface area contributed by atoms with Gasteiger partial charge in [0, 0.05) is 38.1 Å². The number of alkyl halides is 4. The third-order valence-electron chi connectivity index (χ3n) is 6.97. The van der Waals surface area contributed by atoms with Gasteiger partial charge in [0.2, 0.25) is 0 Å². The smallest absolute Gasteiger partial charge is 0.378 e. The maximum atomic E-state index is 13.6. The number of aromatic nitrogens is 3. The minimum absolute atomic E-state index is 0.259. The van der Waals surface area contributed by atoms with Crippen LogP contribution in [0.5, 0.6) is 0 Å². The molecule has 1 fully saturated rings. The minimum Gasteiger partial charge on any atom is -0.378 e. The van der Waals surface area contributed by atoms with Gasteiger partial charge in [-0.2, -0.15) is 18.3 Å². The lowest BCUT2D eigenvalue weighted by Crippen LogP contribution is -2.54. The number of pyridine rings is 1. The molecular formula is C26H30F4N6.